The minimum atomic E-state index is -1.17. The summed E-state index contributed by atoms with van der Waals surface area (Å²) in [5.41, 5.74) is -0.117. The molecule has 2 rings (SSSR count). The van der Waals surface area contributed by atoms with Crippen molar-refractivity contribution in [3.63, 3.8) is 0 Å². The normalized spacial score (nSPS) is 18.1. The van der Waals surface area contributed by atoms with Crippen molar-refractivity contribution >= 4 is 33.6 Å². The largest absolute Gasteiger partial charge is 0.380 e. The van der Waals surface area contributed by atoms with E-state index in [1.54, 1.807) is 23.7 Å². The topological polar surface area (TPSA) is 40.5 Å². The minimum absolute atomic E-state index is 0.163. The van der Waals surface area contributed by atoms with Crippen LogP contribution in [0.1, 0.15) is 18.4 Å². The molecule has 0 saturated carbocycles. The van der Waals surface area contributed by atoms with Gasteiger partial charge in [-0.05, 0) is 36.0 Å². The highest BCUT2D eigenvalue weighted by atomic mass is 79.9. The first kappa shape index (κ1) is 14.9. The molecule has 5 heteroatoms. The van der Waals surface area contributed by atoms with E-state index in [4.69, 9.17) is 0 Å². The predicted octanol–water partition coefficient (Wildman–Crippen LogP) is 2.67. The standard InChI is InChI=1S/C14H18BrNO2S/c1-16(10-11-4-2-3-5-12(11)15)13(17)14(18)6-8-19-9-7-14/h2-5,18H,6-10H2,1H3. The average molecular weight is 344 g/mol. The molecule has 1 saturated heterocycles. The van der Waals surface area contributed by atoms with Gasteiger partial charge in [-0.1, -0.05) is 34.1 Å². The predicted molar refractivity (Wildman–Crippen MR) is 82.1 cm³/mol. The van der Waals surface area contributed by atoms with Crippen LogP contribution in [0.25, 0.3) is 0 Å². The fraction of sp³-hybridized carbons (Fsp3) is 0.500. The molecule has 1 aromatic rings. The van der Waals surface area contributed by atoms with Gasteiger partial charge in [-0.3, -0.25) is 4.79 Å². The average Bonchev–Trinajstić information content (AvgIpc) is 2.41. The van der Waals surface area contributed by atoms with Gasteiger partial charge in [0, 0.05) is 18.1 Å². The Balaban J connectivity index is 2.05. The van der Waals surface area contributed by atoms with Crippen LogP contribution in [-0.4, -0.2) is 40.1 Å². The van der Waals surface area contributed by atoms with Crippen LogP contribution in [-0.2, 0) is 11.3 Å². The summed E-state index contributed by atoms with van der Waals surface area (Å²) in [5, 5.41) is 10.4. The van der Waals surface area contributed by atoms with E-state index in [1.807, 2.05) is 24.3 Å². The van der Waals surface area contributed by atoms with Gasteiger partial charge in [-0.15, -0.1) is 0 Å². The summed E-state index contributed by atoms with van der Waals surface area (Å²) in [4.78, 5) is 14.0. The molecule has 1 fully saturated rings. The number of hydrogen-bond donors (Lipinski definition) is 1. The summed E-state index contributed by atoms with van der Waals surface area (Å²) in [5.74, 6) is 1.54. The number of amides is 1. The highest BCUT2D eigenvalue weighted by Crippen LogP contribution is 2.29. The first-order valence-electron chi connectivity index (χ1n) is 6.32. The van der Waals surface area contributed by atoms with Gasteiger partial charge >= 0.3 is 0 Å². The Bertz CT molecular complexity index is 461. The van der Waals surface area contributed by atoms with Crippen molar-refractivity contribution in [2.45, 2.75) is 25.0 Å². The van der Waals surface area contributed by atoms with Crippen molar-refractivity contribution in [2.24, 2.45) is 0 Å². The number of rotatable bonds is 3. The number of carbonyl (C=O) groups excluding carboxylic acids is 1. The Hall–Kier alpha value is -0.520. The fourth-order valence-corrected chi connectivity index (χ4v) is 3.81. The molecular weight excluding hydrogens is 326 g/mol. The van der Waals surface area contributed by atoms with Crippen LogP contribution >= 0.6 is 27.7 Å². The monoisotopic (exact) mass is 343 g/mol. The highest BCUT2D eigenvalue weighted by molar-refractivity contribution is 9.10. The number of carbonyl (C=O) groups is 1. The second kappa shape index (κ2) is 6.29. The Morgan fingerprint density at radius 2 is 2.05 bits per heavy atom. The molecule has 0 bridgehead atoms. The maximum Gasteiger partial charge on any atom is 0.254 e. The van der Waals surface area contributed by atoms with E-state index in [0.29, 0.717) is 19.4 Å². The quantitative estimate of drug-likeness (QED) is 0.917. The van der Waals surface area contributed by atoms with Crippen LogP contribution in [0.4, 0.5) is 0 Å². The lowest BCUT2D eigenvalue weighted by molar-refractivity contribution is -0.151. The van der Waals surface area contributed by atoms with E-state index in [2.05, 4.69) is 15.9 Å². The molecule has 0 aromatic heterocycles. The Labute approximate surface area is 126 Å². The molecule has 19 heavy (non-hydrogen) atoms. The van der Waals surface area contributed by atoms with Gasteiger partial charge in [0.2, 0.25) is 0 Å². The summed E-state index contributed by atoms with van der Waals surface area (Å²) < 4.78 is 0.987. The zero-order chi connectivity index (χ0) is 13.9. The van der Waals surface area contributed by atoms with Crippen molar-refractivity contribution in [1.29, 1.82) is 0 Å². The zero-order valence-electron chi connectivity index (χ0n) is 10.9. The van der Waals surface area contributed by atoms with Crippen LogP contribution in [0, 0.1) is 0 Å². The number of hydrogen-bond acceptors (Lipinski definition) is 3. The summed E-state index contributed by atoms with van der Waals surface area (Å²) in [6, 6.07) is 7.83. The number of nitrogens with zero attached hydrogens (tertiary/aromatic N) is 1. The summed E-state index contributed by atoms with van der Waals surface area (Å²) in [6.07, 6.45) is 1.10. The third kappa shape index (κ3) is 3.52. The van der Waals surface area contributed by atoms with E-state index < -0.39 is 5.60 Å². The third-order valence-electron chi connectivity index (χ3n) is 3.43. The summed E-state index contributed by atoms with van der Waals surface area (Å²) in [6.45, 7) is 0.510. The van der Waals surface area contributed by atoms with E-state index >= 15 is 0 Å². The maximum absolute atomic E-state index is 12.4. The van der Waals surface area contributed by atoms with E-state index in [1.165, 1.54) is 0 Å². The molecule has 3 nitrogen and oxygen atoms in total. The molecule has 104 valence electrons. The number of halogens is 1. The Morgan fingerprint density at radius 1 is 1.42 bits per heavy atom. The van der Waals surface area contributed by atoms with Crippen molar-refractivity contribution in [3.05, 3.63) is 34.3 Å². The third-order valence-corrected chi connectivity index (χ3v) is 5.19. The molecule has 0 atom stereocenters. The number of aliphatic hydroxyl groups is 1. The molecule has 0 unspecified atom stereocenters. The van der Waals surface area contributed by atoms with Crippen molar-refractivity contribution in [3.8, 4) is 0 Å². The van der Waals surface area contributed by atoms with Gasteiger partial charge in [-0.2, -0.15) is 11.8 Å². The maximum atomic E-state index is 12.4. The molecule has 1 heterocycles. The van der Waals surface area contributed by atoms with E-state index in [-0.39, 0.29) is 5.91 Å². The van der Waals surface area contributed by atoms with E-state index in [9.17, 15) is 9.90 Å². The van der Waals surface area contributed by atoms with Crippen LogP contribution in [0.2, 0.25) is 0 Å². The lowest BCUT2D eigenvalue weighted by Gasteiger charge is -2.34. The van der Waals surface area contributed by atoms with Gasteiger partial charge in [0.25, 0.3) is 5.91 Å². The first-order chi connectivity index (χ1) is 9.03. The Kier molecular flexibility index (Phi) is 4.92. The molecule has 1 N–H and O–H groups in total. The zero-order valence-corrected chi connectivity index (χ0v) is 13.3. The molecule has 0 spiro atoms. The second-order valence-electron chi connectivity index (χ2n) is 4.90. The molecule has 0 aliphatic carbocycles. The molecule has 0 radical (unpaired) electrons. The minimum Gasteiger partial charge on any atom is -0.380 e. The molecule has 1 aliphatic heterocycles. The SMILES string of the molecule is CN(Cc1ccccc1Br)C(=O)C1(O)CCSCC1. The van der Waals surface area contributed by atoms with Gasteiger partial charge < -0.3 is 10.0 Å². The number of likely N-dealkylation sites (N-methyl/N-ethyl adjacent to an activating group) is 1. The Morgan fingerprint density at radius 3 is 2.68 bits per heavy atom. The highest BCUT2D eigenvalue weighted by Gasteiger charge is 2.39. The van der Waals surface area contributed by atoms with Gasteiger partial charge in [0.05, 0.1) is 0 Å². The van der Waals surface area contributed by atoms with Crippen molar-refractivity contribution in [2.75, 3.05) is 18.6 Å². The molecule has 1 aliphatic rings. The smallest absolute Gasteiger partial charge is 0.254 e. The van der Waals surface area contributed by atoms with Crippen LogP contribution < -0.4 is 0 Å². The van der Waals surface area contributed by atoms with Crippen molar-refractivity contribution < 1.29 is 9.90 Å². The lowest BCUT2D eigenvalue weighted by Crippen LogP contribution is -2.49. The van der Waals surface area contributed by atoms with Gasteiger partial charge in [0.15, 0.2) is 0 Å². The summed E-state index contributed by atoms with van der Waals surface area (Å²) >= 11 is 5.27. The van der Waals surface area contributed by atoms with Crippen molar-refractivity contribution in [1.82, 2.24) is 4.90 Å². The molecule has 1 aromatic carbocycles. The van der Waals surface area contributed by atoms with Crippen LogP contribution in [0.15, 0.2) is 28.7 Å². The number of benzene rings is 1. The molecular formula is C14H18BrNO2S. The second-order valence-corrected chi connectivity index (χ2v) is 6.98. The van der Waals surface area contributed by atoms with E-state index in [0.717, 1.165) is 21.5 Å². The lowest BCUT2D eigenvalue weighted by atomic mass is 9.95. The van der Waals surface area contributed by atoms with Gasteiger partial charge in [0.1, 0.15) is 5.60 Å². The molecule has 1 amide bonds. The van der Waals surface area contributed by atoms with Crippen LogP contribution in [0.5, 0.6) is 0 Å². The van der Waals surface area contributed by atoms with Gasteiger partial charge in [-0.25, -0.2) is 0 Å². The van der Waals surface area contributed by atoms with Crippen LogP contribution in [0.3, 0.4) is 0 Å². The fourth-order valence-electron chi connectivity index (χ4n) is 2.23. The number of thioether (sulfide) groups is 1. The first-order valence-corrected chi connectivity index (χ1v) is 8.27. The summed E-state index contributed by atoms with van der Waals surface area (Å²) in [7, 11) is 1.75.